The monoisotopic (exact) mass is 398 g/mol. The molecular weight excluding hydrogens is 348 g/mol. The Bertz CT molecular complexity index is 304. The molecule has 0 heterocycles. The van der Waals surface area contributed by atoms with Gasteiger partial charge in [-0.2, -0.15) is 0 Å². The van der Waals surface area contributed by atoms with Crippen molar-refractivity contribution in [2.45, 2.75) is 129 Å². The summed E-state index contributed by atoms with van der Waals surface area (Å²) in [6.45, 7) is 5.72. The number of allylic oxidation sites excluding steroid dienone is 1. The maximum absolute atomic E-state index is 9.32. The van der Waals surface area contributed by atoms with Gasteiger partial charge in [0.1, 0.15) is 6.10 Å². The SMILES string of the molecule is CCCCC=CO[C@@H](CO)COCCCCCCCCCCCCCCCC. The van der Waals surface area contributed by atoms with Gasteiger partial charge in [-0.05, 0) is 25.3 Å². The van der Waals surface area contributed by atoms with Gasteiger partial charge in [-0.1, -0.05) is 104 Å². The quantitative estimate of drug-likeness (QED) is 0.142. The standard InChI is InChI=1S/C25H50O3/c1-3-5-7-9-10-11-12-13-14-15-16-17-18-19-21-27-24-25(23-26)28-22-20-8-6-4-2/h20,22,25-26H,3-19,21,23-24H2,1-2H3/t25-/m0/s1. The summed E-state index contributed by atoms with van der Waals surface area (Å²) in [6.07, 6.45) is 26.1. The smallest absolute Gasteiger partial charge is 0.144 e. The molecule has 1 N–H and O–H groups in total. The number of unbranched alkanes of at least 4 members (excludes halogenated alkanes) is 15. The van der Waals surface area contributed by atoms with E-state index in [2.05, 4.69) is 13.8 Å². The van der Waals surface area contributed by atoms with E-state index in [1.54, 1.807) is 6.26 Å². The Kier molecular flexibility index (Phi) is 24.0. The highest BCUT2D eigenvalue weighted by Crippen LogP contribution is 2.13. The Labute approximate surface area is 176 Å². The average Bonchev–Trinajstić information content (AvgIpc) is 2.71. The minimum absolute atomic E-state index is 0.0108. The van der Waals surface area contributed by atoms with Crippen LogP contribution >= 0.6 is 0 Å². The molecule has 0 saturated heterocycles. The second kappa shape index (κ2) is 24.5. The van der Waals surface area contributed by atoms with Gasteiger partial charge in [-0.3, -0.25) is 0 Å². The molecule has 0 aliphatic rings. The Balaban J connectivity index is 3.24. The van der Waals surface area contributed by atoms with Crippen molar-refractivity contribution in [2.75, 3.05) is 19.8 Å². The van der Waals surface area contributed by atoms with Gasteiger partial charge in [0, 0.05) is 6.61 Å². The molecule has 0 aromatic carbocycles. The summed E-state index contributed by atoms with van der Waals surface area (Å²) in [5, 5.41) is 9.32. The fourth-order valence-corrected chi connectivity index (χ4v) is 3.31. The van der Waals surface area contributed by atoms with Crippen molar-refractivity contribution in [3.63, 3.8) is 0 Å². The van der Waals surface area contributed by atoms with Crippen molar-refractivity contribution >= 4 is 0 Å². The highest BCUT2D eigenvalue weighted by Gasteiger charge is 2.06. The Hall–Kier alpha value is -0.540. The van der Waals surface area contributed by atoms with Crippen molar-refractivity contribution in [3.8, 4) is 0 Å². The molecule has 1 atom stereocenters. The predicted molar refractivity (Wildman–Crippen MR) is 122 cm³/mol. The lowest BCUT2D eigenvalue weighted by Gasteiger charge is -2.14. The summed E-state index contributed by atoms with van der Waals surface area (Å²) in [6, 6.07) is 0. The van der Waals surface area contributed by atoms with Gasteiger partial charge in [0.25, 0.3) is 0 Å². The van der Waals surface area contributed by atoms with Crippen LogP contribution < -0.4 is 0 Å². The molecule has 0 spiro atoms. The summed E-state index contributed by atoms with van der Waals surface area (Å²) in [7, 11) is 0. The lowest BCUT2D eigenvalue weighted by Crippen LogP contribution is -2.22. The highest BCUT2D eigenvalue weighted by molar-refractivity contribution is 4.74. The van der Waals surface area contributed by atoms with Gasteiger partial charge in [-0.15, -0.1) is 0 Å². The molecule has 0 aromatic rings. The molecule has 0 fully saturated rings. The van der Waals surface area contributed by atoms with Crippen molar-refractivity contribution < 1.29 is 14.6 Å². The van der Waals surface area contributed by atoms with Crippen molar-refractivity contribution in [3.05, 3.63) is 12.3 Å². The van der Waals surface area contributed by atoms with Crippen LogP contribution in [0, 0.1) is 0 Å². The zero-order valence-electron chi connectivity index (χ0n) is 19.1. The largest absolute Gasteiger partial charge is 0.494 e. The lowest BCUT2D eigenvalue weighted by atomic mass is 10.0. The summed E-state index contributed by atoms with van der Waals surface area (Å²) in [5.41, 5.74) is 0. The Morgan fingerprint density at radius 1 is 0.679 bits per heavy atom. The average molecular weight is 399 g/mol. The highest BCUT2D eigenvalue weighted by atomic mass is 16.5. The first-order chi connectivity index (χ1) is 13.8. The molecule has 0 rings (SSSR count). The fraction of sp³-hybridized carbons (Fsp3) is 0.920. The minimum atomic E-state index is -0.232. The molecule has 28 heavy (non-hydrogen) atoms. The molecule has 0 amide bonds. The van der Waals surface area contributed by atoms with E-state index in [1.165, 1.54) is 96.3 Å². The third kappa shape index (κ3) is 21.8. The molecule has 0 radical (unpaired) electrons. The van der Waals surface area contributed by atoms with Gasteiger partial charge >= 0.3 is 0 Å². The van der Waals surface area contributed by atoms with E-state index in [4.69, 9.17) is 9.47 Å². The topological polar surface area (TPSA) is 38.7 Å². The second-order valence-corrected chi connectivity index (χ2v) is 8.13. The summed E-state index contributed by atoms with van der Waals surface area (Å²) < 4.78 is 11.2. The molecular formula is C25H50O3. The molecule has 0 aromatic heterocycles. The van der Waals surface area contributed by atoms with Crippen LogP contribution in [0.5, 0.6) is 0 Å². The van der Waals surface area contributed by atoms with Crippen LogP contribution in [-0.2, 0) is 9.47 Å². The first-order valence-corrected chi connectivity index (χ1v) is 12.3. The molecule has 3 heteroatoms. The third-order valence-electron chi connectivity index (χ3n) is 5.24. The van der Waals surface area contributed by atoms with Gasteiger partial charge in [0.05, 0.1) is 19.5 Å². The number of aliphatic hydroxyl groups excluding tert-OH is 1. The zero-order chi connectivity index (χ0) is 20.5. The van der Waals surface area contributed by atoms with E-state index in [0.29, 0.717) is 6.61 Å². The minimum Gasteiger partial charge on any atom is -0.494 e. The molecule has 3 nitrogen and oxygen atoms in total. The zero-order valence-corrected chi connectivity index (χ0v) is 19.1. The van der Waals surface area contributed by atoms with Crippen LogP contribution in [0.25, 0.3) is 0 Å². The third-order valence-corrected chi connectivity index (χ3v) is 5.24. The number of hydrogen-bond donors (Lipinski definition) is 1. The predicted octanol–water partition coefficient (Wildman–Crippen LogP) is 7.57. The van der Waals surface area contributed by atoms with Crippen LogP contribution in [0.15, 0.2) is 12.3 Å². The van der Waals surface area contributed by atoms with Crippen LogP contribution in [0.2, 0.25) is 0 Å². The van der Waals surface area contributed by atoms with E-state index >= 15 is 0 Å². The first-order valence-electron chi connectivity index (χ1n) is 12.3. The van der Waals surface area contributed by atoms with Gasteiger partial charge in [0.2, 0.25) is 0 Å². The van der Waals surface area contributed by atoms with E-state index in [0.717, 1.165) is 19.4 Å². The Morgan fingerprint density at radius 3 is 1.68 bits per heavy atom. The summed E-state index contributed by atoms with van der Waals surface area (Å²) in [4.78, 5) is 0. The maximum atomic E-state index is 9.32. The number of hydrogen-bond acceptors (Lipinski definition) is 3. The molecule has 0 saturated carbocycles. The number of rotatable bonds is 23. The molecule has 0 unspecified atom stereocenters. The number of ether oxygens (including phenoxy) is 2. The second-order valence-electron chi connectivity index (χ2n) is 8.13. The van der Waals surface area contributed by atoms with Crippen LogP contribution in [0.1, 0.15) is 123 Å². The van der Waals surface area contributed by atoms with Gasteiger partial charge in [-0.25, -0.2) is 0 Å². The first kappa shape index (κ1) is 27.5. The van der Waals surface area contributed by atoms with Gasteiger partial charge in [0.15, 0.2) is 0 Å². The van der Waals surface area contributed by atoms with Crippen LogP contribution in [0.4, 0.5) is 0 Å². The molecule has 0 aliphatic heterocycles. The Morgan fingerprint density at radius 2 is 1.18 bits per heavy atom. The van der Waals surface area contributed by atoms with Crippen LogP contribution in [0.3, 0.4) is 0 Å². The van der Waals surface area contributed by atoms with Crippen molar-refractivity contribution in [1.29, 1.82) is 0 Å². The molecule has 168 valence electrons. The van der Waals surface area contributed by atoms with Gasteiger partial charge < -0.3 is 14.6 Å². The van der Waals surface area contributed by atoms with E-state index in [9.17, 15) is 5.11 Å². The van der Waals surface area contributed by atoms with E-state index < -0.39 is 0 Å². The van der Waals surface area contributed by atoms with Crippen molar-refractivity contribution in [1.82, 2.24) is 0 Å². The molecule has 0 aliphatic carbocycles. The summed E-state index contributed by atoms with van der Waals surface area (Å²) in [5.74, 6) is 0. The lowest BCUT2D eigenvalue weighted by molar-refractivity contribution is -0.00352. The van der Waals surface area contributed by atoms with Crippen LogP contribution in [-0.4, -0.2) is 31.0 Å². The maximum Gasteiger partial charge on any atom is 0.144 e. The normalized spacial score (nSPS) is 12.7. The van der Waals surface area contributed by atoms with Crippen molar-refractivity contribution in [2.24, 2.45) is 0 Å². The number of aliphatic hydroxyl groups is 1. The van der Waals surface area contributed by atoms with E-state index in [1.807, 2.05) is 6.08 Å². The molecule has 0 bridgehead atoms. The summed E-state index contributed by atoms with van der Waals surface area (Å²) >= 11 is 0. The fourth-order valence-electron chi connectivity index (χ4n) is 3.31. The van der Waals surface area contributed by atoms with E-state index in [-0.39, 0.29) is 12.7 Å².